The zero-order valence-corrected chi connectivity index (χ0v) is 19.8. The third-order valence-electron chi connectivity index (χ3n) is 7.96. The highest BCUT2D eigenvalue weighted by Gasteiger charge is 2.41. The van der Waals surface area contributed by atoms with Gasteiger partial charge in [0.1, 0.15) is 6.61 Å². The minimum atomic E-state index is -0.754. The average molecular weight is 477 g/mol. The molecule has 3 N–H and O–H groups in total. The Morgan fingerprint density at radius 1 is 0.914 bits per heavy atom. The number of carbonyl (C=O) groups is 3. The standard InChI is InChI=1S/C28H32N2O5/c31-25(29-19-12-10-18(11-13-19)26(32)33)16-28(14-5-15-28)30-27(34)35-17-24-22-8-3-1-6-20(22)21-7-2-4-9-23(21)24/h1-4,6-9,18-19,24H,5,10-17H2,(H,29,31)(H,30,34)(H,32,33). The molecular formula is C28H32N2O5. The van der Waals surface area contributed by atoms with Crippen molar-refractivity contribution in [1.29, 1.82) is 0 Å². The molecule has 0 aliphatic heterocycles. The number of rotatable bonds is 7. The van der Waals surface area contributed by atoms with Crippen LogP contribution in [-0.2, 0) is 14.3 Å². The van der Waals surface area contributed by atoms with E-state index < -0.39 is 17.6 Å². The lowest BCUT2D eigenvalue weighted by Crippen LogP contribution is -2.56. The van der Waals surface area contributed by atoms with Gasteiger partial charge in [0.25, 0.3) is 0 Å². The minimum absolute atomic E-state index is 0.00433. The third kappa shape index (κ3) is 4.90. The van der Waals surface area contributed by atoms with Crippen molar-refractivity contribution in [2.75, 3.05) is 6.61 Å². The van der Waals surface area contributed by atoms with E-state index in [1.807, 2.05) is 24.3 Å². The van der Waals surface area contributed by atoms with Crippen LogP contribution in [0.1, 0.15) is 68.4 Å². The number of fused-ring (bicyclic) bond motifs is 3. The zero-order valence-electron chi connectivity index (χ0n) is 19.8. The van der Waals surface area contributed by atoms with Crippen LogP contribution in [0, 0.1) is 5.92 Å². The summed E-state index contributed by atoms with van der Waals surface area (Å²) >= 11 is 0. The monoisotopic (exact) mass is 476 g/mol. The highest BCUT2D eigenvalue weighted by Crippen LogP contribution is 2.44. The number of alkyl carbamates (subject to hydrolysis) is 1. The van der Waals surface area contributed by atoms with Gasteiger partial charge in [-0.3, -0.25) is 9.59 Å². The highest BCUT2D eigenvalue weighted by atomic mass is 16.5. The number of hydrogen-bond acceptors (Lipinski definition) is 4. The molecule has 0 saturated heterocycles. The predicted octanol–water partition coefficient (Wildman–Crippen LogP) is 4.60. The lowest BCUT2D eigenvalue weighted by Gasteiger charge is -2.42. The maximum atomic E-state index is 12.8. The van der Waals surface area contributed by atoms with E-state index in [9.17, 15) is 14.4 Å². The van der Waals surface area contributed by atoms with E-state index in [-0.39, 0.29) is 36.8 Å². The highest BCUT2D eigenvalue weighted by molar-refractivity contribution is 5.80. The second-order valence-corrected chi connectivity index (χ2v) is 10.2. The first-order valence-electron chi connectivity index (χ1n) is 12.6. The minimum Gasteiger partial charge on any atom is -0.481 e. The van der Waals surface area contributed by atoms with Crippen LogP contribution in [0.4, 0.5) is 4.79 Å². The van der Waals surface area contributed by atoms with Gasteiger partial charge >= 0.3 is 12.1 Å². The van der Waals surface area contributed by atoms with Crippen molar-refractivity contribution in [3.05, 3.63) is 59.7 Å². The van der Waals surface area contributed by atoms with Gasteiger partial charge in [0.15, 0.2) is 0 Å². The van der Waals surface area contributed by atoms with Crippen molar-refractivity contribution in [3.8, 4) is 11.1 Å². The summed E-state index contributed by atoms with van der Waals surface area (Å²) in [7, 11) is 0. The molecule has 3 aliphatic rings. The molecule has 5 rings (SSSR count). The van der Waals surface area contributed by atoms with E-state index in [0.717, 1.165) is 30.4 Å². The van der Waals surface area contributed by atoms with Crippen LogP contribution < -0.4 is 10.6 Å². The lowest BCUT2D eigenvalue weighted by atomic mass is 9.74. The normalized spacial score (nSPS) is 22.3. The van der Waals surface area contributed by atoms with E-state index in [1.165, 1.54) is 11.1 Å². The number of nitrogens with one attached hydrogen (secondary N) is 2. The van der Waals surface area contributed by atoms with E-state index in [2.05, 4.69) is 34.9 Å². The van der Waals surface area contributed by atoms with Gasteiger partial charge < -0.3 is 20.5 Å². The molecule has 35 heavy (non-hydrogen) atoms. The van der Waals surface area contributed by atoms with Crippen LogP contribution in [-0.4, -0.2) is 41.3 Å². The Morgan fingerprint density at radius 2 is 1.51 bits per heavy atom. The third-order valence-corrected chi connectivity index (χ3v) is 7.96. The van der Waals surface area contributed by atoms with Gasteiger partial charge in [0, 0.05) is 18.4 Å². The molecule has 0 unspecified atom stereocenters. The number of benzene rings is 2. The number of carbonyl (C=O) groups excluding carboxylic acids is 2. The topological polar surface area (TPSA) is 105 Å². The first-order chi connectivity index (χ1) is 16.9. The smallest absolute Gasteiger partial charge is 0.407 e. The van der Waals surface area contributed by atoms with Crippen LogP contribution in [0.2, 0.25) is 0 Å². The lowest BCUT2D eigenvalue weighted by molar-refractivity contribution is -0.142. The Kier molecular flexibility index (Phi) is 6.50. The van der Waals surface area contributed by atoms with Gasteiger partial charge in [-0.2, -0.15) is 0 Å². The van der Waals surface area contributed by atoms with Gasteiger partial charge in [-0.15, -0.1) is 0 Å². The summed E-state index contributed by atoms with van der Waals surface area (Å²) in [6.07, 6.45) is 4.71. The fourth-order valence-electron chi connectivity index (χ4n) is 5.87. The summed E-state index contributed by atoms with van der Waals surface area (Å²) < 4.78 is 5.70. The largest absolute Gasteiger partial charge is 0.481 e. The zero-order chi connectivity index (χ0) is 24.4. The van der Waals surface area contributed by atoms with E-state index in [0.29, 0.717) is 25.7 Å². The average Bonchev–Trinajstić information content (AvgIpc) is 3.15. The molecule has 2 aromatic rings. The van der Waals surface area contributed by atoms with Gasteiger partial charge in [-0.05, 0) is 67.2 Å². The van der Waals surface area contributed by atoms with Crippen molar-refractivity contribution < 1.29 is 24.2 Å². The number of aliphatic carboxylic acids is 1. The number of hydrogen-bond donors (Lipinski definition) is 3. The van der Waals surface area contributed by atoms with Crippen LogP contribution in [0.25, 0.3) is 11.1 Å². The van der Waals surface area contributed by atoms with Crippen LogP contribution >= 0.6 is 0 Å². The summed E-state index contributed by atoms with van der Waals surface area (Å²) in [4.78, 5) is 36.7. The number of carboxylic acid groups (broad SMARTS) is 1. The Hall–Kier alpha value is -3.35. The molecule has 2 saturated carbocycles. The molecular weight excluding hydrogens is 444 g/mol. The van der Waals surface area contributed by atoms with Crippen LogP contribution in [0.15, 0.2) is 48.5 Å². The summed E-state index contributed by atoms with van der Waals surface area (Å²) in [6.45, 7) is 0.245. The first-order valence-corrected chi connectivity index (χ1v) is 12.6. The molecule has 7 heteroatoms. The molecule has 184 valence electrons. The Labute approximate surface area is 205 Å². The van der Waals surface area contributed by atoms with Crippen molar-refractivity contribution >= 4 is 18.0 Å². The number of ether oxygens (including phenoxy) is 1. The fourth-order valence-corrected chi connectivity index (χ4v) is 5.87. The SMILES string of the molecule is O=C(CC1(NC(=O)OCC2c3ccccc3-c3ccccc32)CCC1)NC1CCC(C(=O)O)CC1. The van der Waals surface area contributed by atoms with Crippen molar-refractivity contribution in [2.24, 2.45) is 5.92 Å². The molecule has 0 radical (unpaired) electrons. The molecule has 2 amide bonds. The molecule has 0 heterocycles. The predicted molar refractivity (Wildman–Crippen MR) is 131 cm³/mol. The van der Waals surface area contributed by atoms with Crippen LogP contribution in [0.3, 0.4) is 0 Å². The molecule has 7 nitrogen and oxygen atoms in total. The molecule has 2 fully saturated rings. The number of amides is 2. The van der Waals surface area contributed by atoms with Gasteiger partial charge in [0.2, 0.25) is 5.91 Å². The molecule has 0 spiro atoms. The molecule has 3 aliphatic carbocycles. The van der Waals surface area contributed by atoms with Crippen molar-refractivity contribution in [2.45, 2.75) is 68.9 Å². The summed E-state index contributed by atoms with van der Waals surface area (Å²) in [5.41, 5.74) is 4.13. The molecule has 0 aromatic heterocycles. The Balaban J connectivity index is 1.15. The summed E-state index contributed by atoms with van der Waals surface area (Å²) in [5.74, 6) is -1.16. The Bertz CT molecular complexity index is 1070. The van der Waals surface area contributed by atoms with Gasteiger partial charge in [-0.1, -0.05) is 48.5 Å². The van der Waals surface area contributed by atoms with E-state index >= 15 is 0 Å². The quantitative estimate of drug-likeness (QED) is 0.542. The molecule has 0 atom stereocenters. The van der Waals surface area contributed by atoms with Gasteiger partial charge in [-0.25, -0.2) is 4.79 Å². The van der Waals surface area contributed by atoms with Crippen LogP contribution in [0.5, 0.6) is 0 Å². The summed E-state index contributed by atoms with van der Waals surface area (Å²) in [5, 5.41) is 15.2. The van der Waals surface area contributed by atoms with Gasteiger partial charge in [0.05, 0.1) is 11.5 Å². The fraction of sp³-hybridized carbons (Fsp3) is 0.464. The van der Waals surface area contributed by atoms with Crippen molar-refractivity contribution in [3.63, 3.8) is 0 Å². The van der Waals surface area contributed by atoms with E-state index in [4.69, 9.17) is 9.84 Å². The van der Waals surface area contributed by atoms with E-state index in [1.54, 1.807) is 0 Å². The second-order valence-electron chi connectivity index (χ2n) is 10.2. The summed E-state index contributed by atoms with van der Waals surface area (Å²) in [6, 6.07) is 16.4. The molecule has 2 aromatic carbocycles. The maximum Gasteiger partial charge on any atom is 0.407 e. The molecule has 0 bridgehead atoms. The maximum absolute atomic E-state index is 12.8. The Morgan fingerprint density at radius 3 is 2.06 bits per heavy atom. The number of carboxylic acids is 1. The van der Waals surface area contributed by atoms with Crippen molar-refractivity contribution in [1.82, 2.24) is 10.6 Å². The second kappa shape index (κ2) is 9.72. The first kappa shape index (κ1) is 23.4.